The highest BCUT2D eigenvalue weighted by Gasteiger charge is 2.26. The fraction of sp³-hybridized carbons (Fsp3) is 0.286. The summed E-state index contributed by atoms with van der Waals surface area (Å²) in [7, 11) is 3.58. The number of hydrogen-bond donors (Lipinski definition) is 3. The Hall–Kier alpha value is -1.94. The number of allylic oxidation sites excluding steroid dienone is 1. The Bertz CT molecular complexity index is 464. The number of likely N-dealkylation sites (N-methyl/N-ethyl adjacent to an activating group) is 1. The van der Waals surface area contributed by atoms with E-state index >= 15 is 0 Å². The molecule has 96 valence electrons. The molecule has 1 aliphatic rings. The van der Waals surface area contributed by atoms with Gasteiger partial charge in [0.2, 0.25) is 0 Å². The molecule has 1 aliphatic heterocycles. The Morgan fingerprint density at radius 2 is 2.06 bits per heavy atom. The topological polar surface area (TPSA) is 59.3 Å². The summed E-state index contributed by atoms with van der Waals surface area (Å²) in [6.45, 7) is 0. The largest absolute Gasteiger partial charge is 0.497 e. The Labute approximate surface area is 108 Å². The third-order valence-corrected chi connectivity index (χ3v) is 3.12. The predicted molar refractivity (Wildman–Crippen MR) is 73.0 cm³/mol. The van der Waals surface area contributed by atoms with Crippen LogP contribution in [0.3, 0.4) is 0 Å². The lowest BCUT2D eigenvalue weighted by Gasteiger charge is -2.33. The van der Waals surface area contributed by atoms with Crippen LogP contribution in [0.4, 0.5) is 0 Å². The van der Waals surface area contributed by atoms with Gasteiger partial charge in [-0.25, -0.2) is 0 Å². The molecule has 0 radical (unpaired) electrons. The molecule has 4 N–H and O–H groups in total. The van der Waals surface area contributed by atoms with Crippen LogP contribution < -0.4 is 21.1 Å². The van der Waals surface area contributed by atoms with E-state index in [4.69, 9.17) is 10.5 Å². The number of nitrogens with two attached hydrogens (primary N) is 1. The van der Waals surface area contributed by atoms with Crippen LogP contribution in [0, 0.1) is 0 Å². The molecule has 18 heavy (non-hydrogen) atoms. The van der Waals surface area contributed by atoms with Gasteiger partial charge in [0.1, 0.15) is 11.4 Å². The number of nitrogens with one attached hydrogen (secondary N) is 2. The number of benzene rings is 1. The van der Waals surface area contributed by atoms with Gasteiger partial charge >= 0.3 is 0 Å². The molecule has 0 spiro atoms. The van der Waals surface area contributed by atoms with Crippen molar-refractivity contribution in [3.8, 4) is 5.75 Å². The molecule has 1 heterocycles. The summed E-state index contributed by atoms with van der Waals surface area (Å²) in [6, 6.07) is 8.04. The lowest BCUT2D eigenvalue weighted by atomic mass is 9.96. The maximum atomic E-state index is 5.86. The third-order valence-electron chi connectivity index (χ3n) is 3.12. The van der Waals surface area contributed by atoms with E-state index in [0.29, 0.717) is 0 Å². The monoisotopic (exact) mass is 245 g/mol. The molecule has 1 aromatic rings. The fourth-order valence-electron chi connectivity index (χ4n) is 2.06. The van der Waals surface area contributed by atoms with Crippen LogP contribution in [0.1, 0.15) is 5.56 Å². The SMILES string of the molecule is CNC1(Cc2ccc(OC)cc2)C=C(N)C=CN1. The van der Waals surface area contributed by atoms with Crippen LogP contribution in [-0.2, 0) is 6.42 Å². The summed E-state index contributed by atoms with van der Waals surface area (Å²) in [6.07, 6.45) is 6.52. The van der Waals surface area contributed by atoms with Gasteiger partial charge < -0.3 is 15.8 Å². The van der Waals surface area contributed by atoms with Gasteiger partial charge in [-0.3, -0.25) is 5.32 Å². The molecular weight excluding hydrogens is 226 g/mol. The van der Waals surface area contributed by atoms with Crippen molar-refractivity contribution in [2.24, 2.45) is 5.73 Å². The Kier molecular flexibility index (Phi) is 3.58. The summed E-state index contributed by atoms with van der Waals surface area (Å²) in [5.74, 6) is 0.865. The average molecular weight is 245 g/mol. The van der Waals surface area contributed by atoms with Gasteiger partial charge in [0.25, 0.3) is 0 Å². The third kappa shape index (κ3) is 2.65. The molecule has 0 saturated heterocycles. The lowest BCUT2D eigenvalue weighted by Crippen LogP contribution is -2.55. The number of methoxy groups -OCH3 is 1. The van der Waals surface area contributed by atoms with E-state index in [2.05, 4.69) is 22.8 Å². The second kappa shape index (κ2) is 5.14. The number of rotatable bonds is 4. The molecule has 0 aliphatic carbocycles. The predicted octanol–water partition coefficient (Wildman–Crippen LogP) is 1.11. The second-order valence-electron chi connectivity index (χ2n) is 4.37. The number of ether oxygens (including phenoxy) is 1. The highest BCUT2D eigenvalue weighted by Crippen LogP contribution is 2.19. The summed E-state index contributed by atoms with van der Waals surface area (Å²) < 4.78 is 5.15. The van der Waals surface area contributed by atoms with Crippen molar-refractivity contribution < 1.29 is 4.74 Å². The van der Waals surface area contributed by atoms with Crippen molar-refractivity contribution in [2.75, 3.05) is 14.2 Å². The Morgan fingerprint density at radius 1 is 1.33 bits per heavy atom. The van der Waals surface area contributed by atoms with Crippen LogP contribution in [0.2, 0.25) is 0 Å². The molecule has 0 aromatic heterocycles. The highest BCUT2D eigenvalue weighted by atomic mass is 16.5. The van der Waals surface area contributed by atoms with Gasteiger partial charge in [0, 0.05) is 18.3 Å². The van der Waals surface area contributed by atoms with Crippen molar-refractivity contribution in [1.29, 1.82) is 0 Å². The van der Waals surface area contributed by atoms with E-state index in [0.717, 1.165) is 17.9 Å². The fourth-order valence-corrected chi connectivity index (χ4v) is 2.06. The summed E-state index contributed by atoms with van der Waals surface area (Å²) >= 11 is 0. The maximum Gasteiger partial charge on any atom is 0.118 e. The second-order valence-corrected chi connectivity index (χ2v) is 4.37. The van der Waals surface area contributed by atoms with Crippen LogP contribution in [-0.4, -0.2) is 19.8 Å². The summed E-state index contributed by atoms with van der Waals surface area (Å²) in [5, 5.41) is 6.59. The van der Waals surface area contributed by atoms with E-state index in [1.54, 1.807) is 7.11 Å². The number of dihydropyridines is 1. The van der Waals surface area contributed by atoms with E-state index < -0.39 is 0 Å². The summed E-state index contributed by atoms with van der Waals surface area (Å²) in [4.78, 5) is 0. The van der Waals surface area contributed by atoms with E-state index in [9.17, 15) is 0 Å². The molecule has 4 nitrogen and oxygen atoms in total. The first-order valence-electron chi connectivity index (χ1n) is 5.92. The molecule has 0 amide bonds. The maximum absolute atomic E-state index is 5.86. The normalized spacial score (nSPS) is 22.2. The zero-order chi connectivity index (χ0) is 13.0. The van der Waals surface area contributed by atoms with Gasteiger partial charge in [-0.1, -0.05) is 12.1 Å². The van der Waals surface area contributed by atoms with Crippen LogP contribution in [0.25, 0.3) is 0 Å². The Morgan fingerprint density at radius 3 is 2.61 bits per heavy atom. The van der Waals surface area contributed by atoms with Crippen LogP contribution >= 0.6 is 0 Å². The van der Waals surface area contributed by atoms with Gasteiger partial charge in [-0.05, 0) is 36.9 Å². The summed E-state index contributed by atoms with van der Waals surface area (Å²) in [5.41, 5.74) is 7.50. The lowest BCUT2D eigenvalue weighted by molar-refractivity contribution is 0.381. The highest BCUT2D eigenvalue weighted by molar-refractivity contribution is 5.32. The average Bonchev–Trinajstić information content (AvgIpc) is 2.39. The zero-order valence-electron chi connectivity index (χ0n) is 10.7. The molecule has 1 aromatic carbocycles. The minimum Gasteiger partial charge on any atom is -0.497 e. The quantitative estimate of drug-likeness (QED) is 0.744. The molecule has 0 fully saturated rings. The van der Waals surface area contributed by atoms with Gasteiger partial charge in [0.15, 0.2) is 0 Å². The van der Waals surface area contributed by atoms with E-state index in [1.165, 1.54) is 5.56 Å². The Balaban J connectivity index is 2.17. The molecule has 0 bridgehead atoms. The zero-order valence-corrected chi connectivity index (χ0v) is 10.7. The van der Waals surface area contributed by atoms with E-state index in [-0.39, 0.29) is 5.66 Å². The van der Waals surface area contributed by atoms with E-state index in [1.807, 2.05) is 37.5 Å². The minimum atomic E-state index is -0.326. The van der Waals surface area contributed by atoms with Gasteiger partial charge in [-0.2, -0.15) is 0 Å². The molecule has 4 heteroatoms. The first kappa shape index (κ1) is 12.5. The standard InChI is InChI=1S/C14H19N3O/c1-16-14(10-12(15)7-8-17-14)9-11-3-5-13(18-2)6-4-11/h3-8,10,16-17H,9,15H2,1-2H3. The number of hydrogen-bond acceptors (Lipinski definition) is 4. The van der Waals surface area contributed by atoms with Crippen molar-refractivity contribution in [2.45, 2.75) is 12.1 Å². The minimum absolute atomic E-state index is 0.326. The molecular formula is C14H19N3O. The van der Waals surface area contributed by atoms with Crippen LogP contribution in [0.5, 0.6) is 5.75 Å². The van der Waals surface area contributed by atoms with Crippen molar-refractivity contribution >= 4 is 0 Å². The van der Waals surface area contributed by atoms with Crippen molar-refractivity contribution in [3.05, 3.63) is 53.9 Å². The van der Waals surface area contributed by atoms with Gasteiger partial charge in [-0.15, -0.1) is 0 Å². The first-order chi connectivity index (χ1) is 8.67. The first-order valence-corrected chi connectivity index (χ1v) is 5.92. The van der Waals surface area contributed by atoms with Crippen molar-refractivity contribution in [3.63, 3.8) is 0 Å². The van der Waals surface area contributed by atoms with Crippen molar-refractivity contribution in [1.82, 2.24) is 10.6 Å². The molecule has 0 saturated carbocycles. The molecule has 1 atom stereocenters. The van der Waals surface area contributed by atoms with Gasteiger partial charge in [0.05, 0.1) is 7.11 Å². The van der Waals surface area contributed by atoms with Crippen LogP contribution in [0.15, 0.2) is 48.3 Å². The molecule has 2 rings (SSSR count). The smallest absolute Gasteiger partial charge is 0.118 e. The molecule has 1 unspecified atom stereocenters.